The second kappa shape index (κ2) is 9.43. The summed E-state index contributed by atoms with van der Waals surface area (Å²) in [6.07, 6.45) is 4.45. The van der Waals surface area contributed by atoms with Crippen LogP contribution in [0.2, 0.25) is 0 Å². The predicted molar refractivity (Wildman–Crippen MR) is 97.7 cm³/mol. The van der Waals surface area contributed by atoms with Gasteiger partial charge in [0.25, 0.3) is 0 Å². The zero-order valence-electron chi connectivity index (χ0n) is 17.1. The van der Waals surface area contributed by atoms with E-state index in [1.807, 2.05) is 6.92 Å². The highest BCUT2D eigenvalue weighted by Crippen LogP contribution is 2.47. The maximum atomic E-state index is 12.7. The van der Waals surface area contributed by atoms with Gasteiger partial charge in [-0.2, -0.15) is 0 Å². The van der Waals surface area contributed by atoms with Crippen LogP contribution in [0.1, 0.15) is 87.5 Å². The molecule has 4 nitrogen and oxygen atoms in total. The Morgan fingerprint density at radius 2 is 1.21 bits per heavy atom. The minimum Gasteiger partial charge on any atom is -0.466 e. The van der Waals surface area contributed by atoms with Crippen molar-refractivity contribution in [3.05, 3.63) is 0 Å². The molecule has 0 amide bonds. The average Bonchev–Trinajstić information content (AvgIpc) is 2.37. The van der Waals surface area contributed by atoms with E-state index in [9.17, 15) is 9.59 Å². The topological polar surface area (TPSA) is 52.6 Å². The molecule has 0 aliphatic rings. The van der Waals surface area contributed by atoms with E-state index in [1.165, 1.54) is 6.92 Å². The summed E-state index contributed by atoms with van der Waals surface area (Å²) in [5.41, 5.74) is -0.584. The molecule has 0 saturated carbocycles. The lowest BCUT2D eigenvalue weighted by Crippen LogP contribution is -2.44. The number of hydrogen-bond acceptors (Lipinski definition) is 4. The molecule has 0 spiro atoms. The van der Waals surface area contributed by atoms with Crippen LogP contribution in [-0.2, 0) is 19.1 Å². The average molecular weight is 343 g/mol. The van der Waals surface area contributed by atoms with Crippen molar-refractivity contribution in [1.82, 2.24) is 0 Å². The maximum Gasteiger partial charge on any atom is 0.312 e. The normalized spacial score (nSPS) is 14.8. The van der Waals surface area contributed by atoms with Gasteiger partial charge < -0.3 is 9.47 Å². The molecule has 0 aromatic rings. The quantitative estimate of drug-likeness (QED) is 0.430. The zero-order valence-corrected chi connectivity index (χ0v) is 17.1. The molecule has 0 fully saturated rings. The van der Waals surface area contributed by atoms with Crippen molar-refractivity contribution in [2.45, 2.75) is 87.5 Å². The molecule has 1 unspecified atom stereocenters. The number of rotatable bonds is 9. The van der Waals surface area contributed by atoms with Gasteiger partial charge in [0.05, 0.1) is 18.6 Å². The Bertz CT molecular complexity index is 401. The summed E-state index contributed by atoms with van der Waals surface area (Å²) in [6.45, 7) is 17.2. The van der Waals surface area contributed by atoms with Crippen molar-refractivity contribution < 1.29 is 19.1 Å². The Morgan fingerprint density at radius 3 is 1.58 bits per heavy atom. The van der Waals surface area contributed by atoms with Gasteiger partial charge in [-0.15, -0.1) is 0 Å². The van der Waals surface area contributed by atoms with Crippen LogP contribution in [-0.4, -0.2) is 25.2 Å². The third-order valence-corrected chi connectivity index (χ3v) is 4.57. The van der Waals surface area contributed by atoms with E-state index < -0.39 is 5.41 Å². The summed E-state index contributed by atoms with van der Waals surface area (Å²) in [5.74, 6) is -0.325. The Kier molecular flexibility index (Phi) is 9.01. The fourth-order valence-corrected chi connectivity index (χ4v) is 2.80. The molecule has 0 aromatic heterocycles. The van der Waals surface area contributed by atoms with E-state index in [4.69, 9.17) is 9.47 Å². The van der Waals surface area contributed by atoms with Gasteiger partial charge in [-0.05, 0) is 49.9 Å². The number of unbranched alkanes of at least 4 members (excludes halogenated alkanes) is 3. The van der Waals surface area contributed by atoms with Crippen molar-refractivity contribution in [2.24, 2.45) is 16.2 Å². The molecular weight excluding hydrogens is 304 g/mol. The molecule has 0 heterocycles. The van der Waals surface area contributed by atoms with Crippen LogP contribution >= 0.6 is 0 Å². The van der Waals surface area contributed by atoms with Gasteiger partial charge in [-0.3, -0.25) is 9.59 Å². The molecule has 0 aliphatic heterocycles. The summed E-state index contributed by atoms with van der Waals surface area (Å²) >= 11 is 0. The van der Waals surface area contributed by atoms with E-state index in [-0.39, 0.29) is 22.8 Å². The van der Waals surface area contributed by atoms with Gasteiger partial charge in [0.15, 0.2) is 0 Å². The highest BCUT2D eigenvalue weighted by Gasteiger charge is 2.47. The lowest BCUT2D eigenvalue weighted by molar-refractivity contribution is -0.165. The maximum absolute atomic E-state index is 12.7. The first-order valence-corrected chi connectivity index (χ1v) is 9.10. The van der Waals surface area contributed by atoms with E-state index in [1.54, 1.807) is 0 Å². The highest BCUT2D eigenvalue weighted by molar-refractivity contribution is 5.77. The van der Waals surface area contributed by atoms with Gasteiger partial charge >= 0.3 is 11.9 Å². The monoisotopic (exact) mass is 342 g/mol. The molecule has 0 rings (SSSR count). The number of carbonyl (C=O) groups is 2. The van der Waals surface area contributed by atoms with Crippen LogP contribution in [0.25, 0.3) is 0 Å². The minimum absolute atomic E-state index is 0.0672. The predicted octanol–water partition coefficient (Wildman–Crippen LogP) is 5.14. The van der Waals surface area contributed by atoms with E-state index >= 15 is 0 Å². The fraction of sp³-hybridized carbons (Fsp3) is 0.900. The number of ether oxygens (including phenoxy) is 2. The van der Waals surface area contributed by atoms with Crippen molar-refractivity contribution in [2.75, 3.05) is 13.2 Å². The summed E-state index contributed by atoms with van der Waals surface area (Å²) in [5, 5.41) is 0. The van der Waals surface area contributed by atoms with Gasteiger partial charge in [-0.1, -0.05) is 41.5 Å². The smallest absolute Gasteiger partial charge is 0.312 e. The molecule has 142 valence electrons. The standard InChI is InChI=1S/C20H38O4/c1-16(21)23-13-11-9-10-12-14-24-17(22)20(8,19(5,6)7)15-18(2,3)4/h9-15H2,1-8H3. The van der Waals surface area contributed by atoms with Gasteiger partial charge in [0.1, 0.15) is 0 Å². The molecule has 0 N–H and O–H groups in total. The van der Waals surface area contributed by atoms with Gasteiger partial charge in [-0.25, -0.2) is 0 Å². The summed E-state index contributed by atoms with van der Waals surface area (Å²) in [7, 11) is 0. The van der Waals surface area contributed by atoms with Crippen LogP contribution < -0.4 is 0 Å². The third kappa shape index (κ3) is 8.70. The molecule has 0 aliphatic carbocycles. The van der Waals surface area contributed by atoms with Gasteiger partial charge in [0, 0.05) is 6.92 Å². The molecule has 1 atom stereocenters. The van der Waals surface area contributed by atoms with E-state index in [2.05, 4.69) is 41.5 Å². The number of carbonyl (C=O) groups excluding carboxylic acids is 2. The van der Waals surface area contributed by atoms with E-state index in [0.29, 0.717) is 13.2 Å². The summed E-state index contributed by atoms with van der Waals surface area (Å²) in [4.78, 5) is 23.4. The molecule has 0 radical (unpaired) electrons. The first-order valence-electron chi connectivity index (χ1n) is 9.10. The largest absolute Gasteiger partial charge is 0.466 e. The first kappa shape index (κ1) is 22.9. The van der Waals surface area contributed by atoms with Crippen molar-refractivity contribution in [1.29, 1.82) is 0 Å². The molecular formula is C20H38O4. The second-order valence-electron chi connectivity index (χ2n) is 9.21. The van der Waals surface area contributed by atoms with Crippen LogP contribution in [0.3, 0.4) is 0 Å². The number of esters is 2. The lowest BCUT2D eigenvalue weighted by Gasteiger charge is -2.43. The fourth-order valence-electron chi connectivity index (χ4n) is 2.80. The van der Waals surface area contributed by atoms with Crippen LogP contribution in [0.4, 0.5) is 0 Å². The van der Waals surface area contributed by atoms with Crippen LogP contribution in [0.5, 0.6) is 0 Å². The Labute approximate surface area is 148 Å². The van der Waals surface area contributed by atoms with Crippen molar-refractivity contribution >= 4 is 11.9 Å². The van der Waals surface area contributed by atoms with Crippen LogP contribution in [0, 0.1) is 16.2 Å². The highest BCUT2D eigenvalue weighted by atomic mass is 16.5. The first-order chi connectivity index (χ1) is 10.8. The molecule has 0 saturated heterocycles. The molecule has 0 bridgehead atoms. The summed E-state index contributed by atoms with van der Waals surface area (Å²) in [6, 6.07) is 0. The lowest BCUT2D eigenvalue weighted by atomic mass is 9.61. The molecule has 24 heavy (non-hydrogen) atoms. The molecule has 4 heteroatoms. The van der Waals surface area contributed by atoms with E-state index in [0.717, 1.165) is 32.1 Å². The summed E-state index contributed by atoms with van der Waals surface area (Å²) < 4.78 is 10.5. The zero-order chi connectivity index (χ0) is 19.0. The SMILES string of the molecule is CC(=O)OCCCCCCOC(=O)C(C)(CC(C)(C)C)C(C)(C)C. The minimum atomic E-state index is -0.499. The van der Waals surface area contributed by atoms with Crippen molar-refractivity contribution in [3.63, 3.8) is 0 Å². The Balaban J connectivity index is 4.28. The Morgan fingerprint density at radius 1 is 0.750 bits per heavy atom. The van der Waals surface area contributed by atoms with Crippen molar-refractivity contribution in [3.8, 4) is 0 Å². The Hall–Kier alpha value is -1.06. The van der Waals surface area contributed by atoms with Crippen LogP contribution in [0.15, 0.2) is 0 Å². The molecule has 0 aromatic carbocycles. The second-order valence-corrected chi connectivity index (χ2v) is 9.21. The third-order valence-electron chi connectivity index (χ3n) is 4.57. The van der Waals surface area contributed by atoms with Gasteiger partial charge in [0.2, 0.25) is 0 Å². The number of hydrogen-bond donors (Lipinski definition) is 0.